The highest BCUT2D eigenvalue weighted by atomic mass is 35.5. The molecule has 0 aromatic heterocycles. The molecule has 0 radical (unpaired) electrons. The second kappa shape index (κ2) is 6.50. The lowest BCUT2D eigenvalue weighted by Crippen LogP contribution is -2.13. The molecule has 0 saturated heterocycles. The Morgan fingerprint density at radius 3 is 2.75 bits per heavy atom. The molecule has 0 amide bonds. The molecule has 0 aliphatic rings. The van der Waals surface area contributed by atoms with E-state index in [2.05, 4.69) is 5.16 Å². The number of hydrogen-bond donors (Lipinski definition) is 2. The standard InChI is InChI=1S/C14H12Cl2N2O2/c15-11-4-5-12(16)13(7-11)20-8-9-2-1-3-10(6-9)14(17)18-19/h1-7,19H,8H2,(H2,17,18). The van der Waals surface area contributed by atoms with E-state index in [1.165, 1.54) is 0 Å². The van der Waals surface area contributed by atoms with E-state index in [0.717, 1.165) is 5.56 Å². The predicted molar refractivity (Wildman–Crippen MR) is 79.7 cm³/mol. The molecule has 0 bridgehead atoms. The molecular weight excluding hydrogens is 299 g/mol. The minimum absolute atomic E-state index is 0.0487. The lowest BCUT2D eigenvalue weighted by atomic mass is 10.1. The Balaban J connectivity index is 2.13. The van der Waals surface area contributed by atoms with Crippen LogP contribution in [0.5, 0.6) is 5.75 Å². The first kappa shape index (κ1) is 14.5. The highest BCUT2D eigenvalue weighted by Crippen LogP contribution is 2.28. The van der Waals surface area contributed by atoms with Gasteiger partial charge in [0.05, 0.1) is 5.02 Å². The fourth-order valence-electron chi connectivity index (χ4n) is 1.63. The van der Waals surface area contributed by atoms with Gasteiger partial charge in [0.1, 0.15) is 12.4 Å². The maximum atomic E-state index is 8.65. The highest BCUT2D eigenvalue weighted by molar-refractivity contribution is 6.34. The Hall–Kier alpha value is -1.91. The first-order chi connectivity index (χ1) is 9.60. The third-order valence-electron chi connectivity index (χ3n) is 2.62. The van der Waals surface area contributed by atoms with Crippen LogP contribution in [0.15, 0.2) is 47.6 Å². The predicted octanol–water partition coefficient (Wildman–Crippen LogP) is 3.67. The molecule has 3 N–H and O–H groups in total. The monoisotopic (exact) mass is 310 g/mol. The third kappa shape index (κ3) is 3.56. The molecule has 2 aromatic carbocycles. The summed E-state index contributed by atoms with van der Waals surface area (Å²) in [7, 11) is 0. The molecule has 0 aliphatic carbocycles. The van der Waals surface area contributed by atoms with Crippen molar-refractivity contribution in [2.75, 3.05) is 0 Å². The molecule has 0 atom stereocenters. The molecule has 6 heteroatoms. The van der Waals surface area contributed by atoms with Crippen molar-refractivity contribution in [1.82, 2.24) is 0 Å². The van der Waals surface area contributed by atoms with Crippen molar-refractivity contribution in [3.05, 3.63) is 63.6 Å². The van der Waals surface area contributed by atoms with Gasteiger partial charge in [-0.1, -0.05) is 46.6 Å². The largest absolute Gasteiger partial charge is 0.487 e. The lowest BCUT2D eigenvalue weighted by Gasteiger charge is -2.09. The quantitative estimate of drug-likeness (QED) is 0.392. The van der Waals surface area contributed by atoms with Crippen LogP contribution in [0.25, 0.3) is 0 Å². The van der Waals surface area contributed by atoms with Crippen LogP contribution in [-0.2, 0) is 6.61 Å². The minimum atomic E-state index is 0.0487. The summed E-state index contributed by atoms with van der Waals surface area (Å²) in [5.41, 5.74) is 7.02. The number of halogens is 2. The van der Waals surface area contributed by atoms with Gasteiger partial charge in [0.25, 0.3) is 0 Å². The van der Waals surface area contributed by atoms with E-state index in [1.807, 2.05) is 6.07 Å². The van der Waals surface area contributed by atoms with Crippen molar-refractivity contribution in [3.8, 4) is 5.75 Å². The van der Waals surface area contributed by atoms with Crippen LogP contribution in [0.4, 0.5) is 0 Å². The summed E-state index contributed by atoms with van der Waals surface area (Å²) in [6.07, 6.45) is 0. The molecule has 4 nitrogen and oxygen atoms in total. The minimum Gasteiger partial charge on any atom is -0.487 e. The van der Waals surface area contributed by atoms with E-state index in [9.17, 15) is 0 Å². The number of hydrogen-bond acceptors (Lipinski definition) is 3. The molecule has 2 aromatic rings. The van der Waals surface area contributed by atoms with Crippen molar-refractivity contribution in [3.63, 3.8) is 0 Å². The second-order valence-electron chi connectivity index (χ2n) is 4.05. The summed E-state index contributed by atoms with van der Waals surface area (Å²) >= 11 is 11.9. The second-order valence-corrected chi connectivity index (χ2v) is 4.89. The maximum Gasteiger partial charge on any atom is 0.170 e. The molecule has 0 unspecified atom stereocenters. The number of benzene rings is 2. The zero-order valence-corrected chi connectivity index (χ0v) is 11.9. The topological polar surface area (TPSA) is 67.8 Å². The summed E-state index contributed by atoms with van der Waals surface area (Å²) < 4.78 is 5.61. The van der Waals surface area contributed by atoms with Crippen molar-refractivity contribution < 1.29 is 9.94 Å². The van der Waals surface area contributed by atoms with Gasteiger partial charge >= 0.3 is 0 Å². The fraction of sp³-hybridized carbons (Fsp3) is 0.0714. The summed E-state index contributed by atoms with van der Waals surface area (Å²) in [5, 5.41) is 12.7. The van der Waals surface area contributed by atoms with E-state index in [4.69, 9.17) is 38.9 Å². The SMILES string of the molecule is N/C(=N\O)c1cccc(COc2cc(Cl)ccc2Cl)c1. The molecule has 104 valence electrons. The molecule has 0 heterocycles. The van der Waals surface area contributed by atoms with Crippen LogP contribution >= 0.6 is 23.2 Å². The zero-order valence-electron chi connectivity index (χ0n) is 10.4. The van der Waals surface area contributed by atoms with Crippen LogP contribution < -0.4 is 10.5 Å². The highest BCUT2D eigenvalue weighted by Gasteiger charge is 2.05. The molecular formula is C14H12Cl2N2O2. The number of amidine groups is 1. The van der Waals surface area contributed by atoms with Crippen molar-refractivity contribution in [2.24, 2.45) is 10.9 Å². The first-order valence-electron chi connectivity index (χ1n) is 5.75. The van der Waals surface area contributed by atoms with Crippen LogP contribution in [-0.4, -0.2) is 11.0 Å². The first-order valence-corrected chi connectivity index (χ1v) is 6.50. The molecule has 0 fully saturated rings. The van der Waals surface area contributed by atoms with E-state index in [0.29, 0.717) is 28.0 Å². The van der Waals surface area contributed by atoms with E-state index in [-0.39, 0.29) is 5.84 Å². The Kier molecular flexibility index (Phi) is 4.71. The van der Waals surface area contributed by atoms with Crippen LogP contribution in [0, 0.1) is 0 Å². The molecule has 20 heavy (non-hydrogen) atoms. The number of ether oxygens (including phenoxy) is 1. The Morgan fingerprint density at radius 2 is 2.00 bits per heavy atom. The van der Waals surface area contributed by atoms with Gasteiger partial charge in [-0.3, -0.25) is 0 Å². The molecule has 0 saturated carbocycles. The van der Waals surface area contributed by atoms with Gasteiger partial charge < -0.3 is 15.7 Å². The lowest BCUT2D eigenvalue weighted by molar-refractivity contribution is 0.306. The summed E-state index contributed by atoms with van der Waals surface area (Å²) in [6, 6.07) is 12.2. The summed E-state index contributed by atoms with van der Waals surface area (Å²) in [5.74, 6) is 0.556. The number of rotatable bonds is 4. The van der Waals surface area contributed by atoms with Gasteiger partial charge in [0.2, 0.25) is 0 Å². The van der Waals surface area contributed by atoms with Crippen molar-refractivity contribution in [2.45, 2.75) is 6.61 Å². The van der Waals surface area contributed by atoms with Gasteiger partial charge in [0, 0.05) is 16.7 Å². The molecule has 2 rings (SSSR count). The Labute approximate surface area is 126 Å². The number of nitrogens with zero attached hydrogens (tertiary/aromatic N) is 1. The Morgan fingerprint density at radius 1 is 1.20 bits per heavy atom. The van der Waals surface area contributed by atoms with Crippen LogP contribution in [0.3, 0.4) is 0 Å². The average Bonchev–Trinajstić information content (AvgIpc) is 2.47. The van der Waals surface area contributed by atoms with Gasteiger partial charge in [-0.15, -0.1) is 0 Å². The van der Waals surface area contributed by atoms with E-state index < -0.39 is 0 Å². The van der Waals surface area contributed by atoms with Crippen molar-refractivity contribution in [1.29, 1.82) is 0 Å². The molecule has 0 spiro atoms. The van der Waals surface area contributed by atoms with Crippen LogP contribution in [0.1, 0.15) is 11.1 Å². The summed E-state index contributed by atoms with van der Waals surface area (Å²) in [6.45, 7) is 0.298. The maximum absolute atomic E-state index is 8.65. The van der Waals surface area contributed by atoms with Gasteiger partial charge in [-0.2, -0.15) is 0 Å². The van der Waals surface area contributed by atoms with E-state index >= 15 is 0 Å². The van der Waals surface area contributed by atoms with Crippen molar-refractivity contribution >= 4 is 29.0 Å². The third-order valence-corrected chi connectivity index (χ3v) is 3.17. The normalized spacial score (nSPS) is 11.4. The van der Waals surface area contributed by atoms with E-state index in [1.54, 1.807) is 36.4 Å². The number of nitrogens with two attached hydrogens (primary N) is 1. The van der Waals surface area contributed by atoms with Gasteiger partial charge in [-0.05, 0) is 23.8 Å². The smallest absolute Gasteiger partial charge is 0.170 e. The number of oxime groups is 1. The zero-order chi connectivity index (χ0) is 14.5. The average molecular weight is 311 g/mol. The molecule has 0 aliphatic heterocycles. The fourth-order valence-corrected chi connectivity index (χ4v) is 1.96. The summed E-state index contributed by atoms with van der Waals surface area (Å²) in [4.78, 5) is 0. The van der Waals surface area contributed by atoms with Gasteiger partial charge in [0.15, 0.2) is 5.84 Å². The van der Waals surface area contributed by atoms with Crippen LogP contribution in [0.2, 0.25) is 10.0 Å². The Bertz CT molecular complexity index is 645. The van der Waals surface area contributed by atoms with Gasteiger partial charge in [-0.25, -0.2) is 0 Å².